The Morgan fingerprint density at radius 1 is 1.24 bits per heavy atom. The highest BCUT2D eigenvalue weighted by Gasteiger charge is 2.12. The van der Waals surface area contributed by atoms with Crippen molar-refractivity contribution in [2.24, 2.45) is 5.41 Å². The zero-order valence-electron chi connectivity index (χ0n) is 11.3. The monoisotopic (exact) mass is 238 g/mol. The zero-order valence-corrected chi connectivity index (χ0v) is 11.3. The van der Waals surface area contributed by atoms with Gasteiger partial charge in [0, 0.05) is 19.6 Å². The minimum absolute atomic E-state index is 0.189. The third-order valence-electron chi connectivity index (χ3n) is 2.43. The Balaban J connectivity index is 2.31. The highest BCUT2D eigenvalue weighted by atomic mass is 19.1. The van der Waals surface area contributed by atoms with Gasteiger partial charge in [0.1, 0.15) is 5.82 Å². The van der Waals surface area contributed by atoms with Gasteiger partial charge in [0.2, 0.25) is 0 Å². The van der Waals surface area contributed by atoms with Crippen LogP contribution >= 0.6 is 0 Å². The van der Waals surface area contributed by atoms with E-state index in [-0.39, 0.29) is 5.82 Å². The van der Waals surface area contributed by atoms with E-state index in [1.165, 1.54) is 6.07 Å². The summed E-state index contributed by atoms with van der Waals surface area (Å²) in [5.74, 6) is -0.189. The van der Waals surface area contributed by atoms with E-state index in [1.54, 1.807) is 12.1 Å². The lowest BCUT2D eigenvalue weighted by Gasteiger charge is -2.26. The van der Waals surface area contributed by atoms with Crippen LogP contribution in [0, 0.1) is 11.2 Å². The van der Waals surface area contributed by atoms with Gasteiger partial charge in [-0.1, -0.05) is 32.9 Å². The highest BCUT2D eigenvalue weighted by molar-refractivity contribution is 5.44. The maximum Gasteiger partial charge on any atom is 0.146 e. The lowest BCUT2D eigenvalue weighted by atomic mass is 9.96. The molecule has 96 valence electrons. The molecule has 1 N–H and O–H groups in total. The van der Waals surface area contributed by atoms with Crippen LogP contribution in [0.25, 0.3) is 0 Å². The van der Waals surface area contributed by atoms with Gasteiger partial charge in [0.25, 0.3) is 0 Å². The Morgan fingerprint density at radius 2 is 1.88 bits per heavy atom. The van der Waals surface area contributed by atoms with Crippen LogP contribution in [0.5, 0.6) is 0 Å². The molecule has 1 rings (SSSR count). The van der Waals surface area contributed by atoms with Crippen LogP contribution in [-0.2, 0) is 0 Å². The van der Waals surface area contributed by atoms with Crippen molar-refractivity contribution in [1.29, 1.82) is 0 Å². The van der Waals surface area contributed by atoms with Crippen LogP contribution in [0.2, 0.25) is 0 Å². The van der Waals surface area contributed by atoms with E-state index in [0.29, 0.717) is 11.1 Å². The fraction of sp³-hybridized carbons (Fsp3) is 0.571. The summed E-state index contributed by atoms with van der Waals surface area (Å²) in [6, 6.07) is 6.77. The minimum atomic E-state index is -0.189. The quantitative estimate of drug-likeness (QED) is 0.847. The predicted molar refractivity (Wildman–Crippen MR) is 71.8 cm³/mol. The highest BCUT2D eigenvalue weighted by Crippen LogP contribution is 2.14. The van der Waals surface area contributed by atoms with Crippen molar-refractivity contribution in [3.8, 4) is 0 Å². The molecule has 0 radical (unpaired) electrons. The van der Waals surface area contributed by atoms with Crippen molar-refractivity contribution in [3.63, 3.8) is 0 Å². The molecule has 0 saturated carbocycles. The second kappa shape index (κ2) is 6.01. The predicted octanol–water partition coefficient (Wildman–Crippen LogP) is 3.22. The molecule has 0 fully saturated rings. The number of rotatable bonds is 5. The van der Waals surface area contributed by atoms with E-state index < -0.39 is 0 Å². The number of para-hydroxylation sites is 1. The average molecular weight is 238 g/mol. The molecule has 0 spiro atoms. The molecular weight excluding hydrogens is 215 g/mol. The number of anilines is 1. The average Bonchev–Trinajstić information content (AvgIpc) is 2.18. The molecule has 0 aliphatic carbocycles. The Kier molecular flexibility index (Phi) is 4.94. The second-order valence-electron chi connectivity index (χ2n) is 5.71. The maximum atomic E-state index is 13.3. The van der Waals surface area contributed by atoms with Crippen LogP contribution in [-0.4, -0.2) is 31.6 Å². The van der Waals surface area contributed by atoms with Gasteiger partial charge in [0.05, 0.1) is 5.69 Å². The molecule has 0 bridgehead atoms. The summed E-state index contributed by atoms with van der Waals surface area (Å²) in [6.45, 7) is 9.35. The van der Waals surface area contributed by atoms with E-state index in [4.69, 9.17) is 0 Å². The molecule has 0 aliphatic rings. The molecule has 1 aromatic carbocycles. The Hall–Kier alpha value is -1.09. The lowest BCUT2D eigenvalue weighted by Crippen LogP contribution is -2.32. The van der Waals surface area contributed by atoms with Crippen LogP contribution in [0.1, 0.15) is 20.8 Å². The van der Waals surface area contributed by atoms with E-state index >= 15 is 0 Å². The first-order chi connectivity index (χ1) is 7.88. The molecule has 0 amide bonds. The summed E-state index contributed by atoms with van der Waals surface area (Å²) >= 11 is 0. The van der Waals surface area contributed by atoms with Gasteiger partial charge < -0.3 is 10.2 Å². The smallest absolute Gasteiger partial charge is 0.146 e. The number of hydrogen-bond acceptors (Lipinski definition) is 2. The number of halogens is 1. The topological polar surface area (TPSA) is 15.3 Å². The van der Waals surface area contributed by atoms with Gasteiger partial charge in [-0.3, -0.25) is 0 Å². The van der Waals surface area contributed by atoms with Crippen molar-refractivity contribution in [2.45, 2.75) is 20.8 Å². The fourth-order valence-corrected chi connectivity index (χ4v) is 1.87. The van der Waals surface area contributed by atoms with Crippen molar-refractivity contribution in [3.05, 3.63) is 30.1 Å². The molecule has 0 heterocycles. The molecule has 0 aromatic heterocycles. The maximum absolute atomic E-state index is 13.3. The van der Waals surface area contributed by atoms with E-state index in [9.17, 15) is 4.39 Å². The van der Waals surface area contributed by atoms with Crippen LogP contribution in [0.4, 0.5) is 10.1 Å². The van der Waals surface area contributed by atoms with Gasteiger partial charge >= 0.3 is 0 Å². The van der Waals surface area contributed by atoms with Gasteiger partial charge in [-0.05, 0) is 24.6 Å². The number of benzene rings is 1. The minimum Gasteiger partial charge on any atom is -0.381 e. The lowest BCUT2D eigenvalue weighted by molar-refractivity contribution is 0.233. The molecule has 2 nitrogen and oxygen atoms in total. The summed E-state index contributed by atoms with van der Waals surface area (Å²) in [7, 11) is 2.09. The van der Waals surface area contributed by atoms with Gasteiger partial charge in [-0.2, -0.15) is 0 Å². The molecule has 1 aromatic rings. The summed E-state index contributed by atoms with van der Waals surface area (Å²) in [6.07, 6.45) is 0. The van der Waals surface area contributed by atoms with Crippen molar-refractivity contribution >= 4 is 5.69 Å². The summed E-state index contributed by atoms with van der Waals surface area (Å²) in [5, 5.41) is 3.11. The zero-order chi connectivity index (χ0) is 12.9. The normalized spacial score (nSPS) is 11.9. The van der Waals surface area contributed by atoms with Crippen LogP contribution in [0.15, 0.2) is 24.3 Å². The third kappa shape index (κ3) is 5.68. The summed E-state index contributed by atoms with van der Waals surface area (Å²) in [4.78, 5) is 2.26. The molecule has 3 heteroatoms. The first-order valence-corrected chi connectivity index (χ1v) is 6.05. The molecule has 0 saturated heterocycles. The van der Waals surface area contributed by atoms with Gasteiger partial charge in [-0.15, -0.1) is 0 Å². The Morgan fingerprint density at radius 3 is 2.47 bits per heavy atom. The number of nitrogens with zero attached hydrogens (tertiary/aromatic N) is 1. The van der Waals surface area contributed by atoms with Crippen LogP contribution < -0.4 is 5.32 Å². The Bertz CT molecular complexity index is 344. The van der Waals surface area contributed by atoms with Gasteiger partial charge in [-0.25, -0.2) is 4.39 Å². The SMILES string of the molecule is CN(CCNc1ccccc1F)CC(C)(C)C. The number of likely N-dealkylation sites (N-methyl/N-ethyl adjacent to an activating group) is 1. The number of hydrogen-bond donors (Lipinski definition) is 1. The van der Waals surface area contributed by atoms with E-state index in [2.05, 4.69) is 38.0 Å². The third-order valence-corrected chi connectivity index (χ3v) is 2.43. The van der Waals surface area contributed by atoms with Crippen molar-refractivity contribution in [2.75, 3.05) is 32.0 Å². The fourth-order valence-electron chi connectivity index (χ4n) is 1.87. The van der Waals surface area contributed by atoms with E-state index in [0.717, 1.165) is 19.6 Å². The van der Waals surface area contributed by atoms with Crippen LogP contribution in [0.3, 0.4) is 0 Å². The molecule has 17 heavy (non-hydrogen) atoms. The second-order valence-corrected chi connectivity index (χ2v) is 5.71. The van der Waals surface area contributed by atoms with Gasteiger partial charge in [0.15, 0.2) is 0 Å². The first kappa shape index (κ1) is 14.0. The van der Waals surface area contributed by atoms with Crippen molar-refractivity contribution < 1.29 is 4.39 Å². The number of nitrogens with one attached hydrogen (secondary N) is 1. The molecule has 0 unspecified atom stereocenters. The standard InChI is InChI=1S/C14H23FN2/c1-14(2,3)11-17(4)10-9-16-13-8-6-5-7-12(13)15/h5-8,16H,9-11H2,1-4H3. The first-order valence-electron chi connectivity index (χ1n) is 6.05. The van der Waals surface area contributed by atoms with E-state index in [1.807, 2.05) is 6.07 Å². The van der Waals surface area contributed by atoms with Crippen molar-refractivity contribution in [1.82, 2.24) is 4.90 Å². The molecule has 0 atom stereocenters. The Labute approximate surface area is 104 Å². The summed E-state index contributed by atoms with van der Waals surface area (Å²) in [5.41, 5.74) is 0.879. The molecular formula is C14H23FN2. The molecule has 0 aliphatic heterocycles. The largest absolute Gasteiger partial charge is 0.381 e. The summed E-state index contributed by atoms with van der Waals surface area (Å²) < 4.78 is 13.3.